The molecule has 1 unspecified atom stereocenters. The summed E-state index contributed by atoms with van der Waals surface area (Å²) in [5, 5.41) is 19.3. The van der Waals surface area contributed by atoms with Gasteiger partial charge in [-0.1, -0.05) is 25.6 Å². The Kier molecular flexibility index (Phi) is 5.04. The molecule has 0 amide bonds. The van der Waals surface area contributed by atoms with Crippen molar-refractivity contribution in [3.63, 3.8) is 0 Å². The van der Waals surface area contributed by atoms with E-state index < -0.39 is 21.8 Å². The second-order valence-electron chi connectivity index (χ2n) is 3.91. The molecular weight excluding hydrogens is 274 g/mol. The molecule has 0 saturated carbocycles. The minimum atomic E-state index is -1.05. The molecule has 0 bridgehead atoms. The normalized spacial score (nSPS) is 12.2. The van der Waals surface area contributed by atoms with Gasteiger partial charge < -0.3 is 9.84 Å². The van der Waals surface area contributed by atoms with Crippen LogP contribution in [0.5, 0.6) is 5.88 Å². The van der Waals surface area contributed by atoms with E-state index in [2.05, 4.69) is 9.97 Å². The largest absolute Gasteiger partial charge is 0.480 e. The summed E-state index contributed by atoms with van der Waals surface area (Å²) in [4.78, 5) is 28.9. The Hall–Kier alpha value is -1.90. The van der Waals surface area contributed by atoms with Crippen LogP contribution in [0, 0.1) is 16.0 Å². The monoisotopic (exact) mass is 287 g/mol. The van der Waals surface area contributed by atoms with Crippen LogP contribution in [-0.4, -0.2) is 38.3 Å². The molecule has 104 valence electrons. The number of aromatic nitrogens is 2. The molecule has 0 aliphatic rings. The average molecular weight is 287 g/mol. The van der Waals surface area contributed by atoms with Crippen molar-refractivity contribution in [3.05, 3.63) is 16.4 Å². The molecule has 0 spiro atoms. The third-order valence-corrected chi connectivity index (χ3v) is 3.74. The highest BCUT2D eigenvalue weighted by Crippen LogP contribution is 2.37. The molecule has 0 radical (unpaired) electrons. The summed E-state index contributed by atoms with van der Waals surface area (Å²) < 4.78 is 4.80. The van der Waals surface area contributed by atoms with Crippen LogP contribution in [0.4, 0.5) is 5.69 Å². The standard InChI is InChI=1S/C10H13N3O5S/c1-5(2)7(10(14)15)19-9-6(13(16)17)8(18-3)11-4-12-9/h4-5,7H,1-3H3,(H,14,15). The van der Waals surface area contributed by atoms with Gasteiger partial charge in [-0.15, -0.1) is 0 Å². The fourth-order valence-electron chi connectivity index (χ4n) is 1.33. The molecule has 0 fully saturated rings. The SMILES string of the molecule is COc1ncnc(SC(C(=O)O)C(C)C)c1[N+](=O)[O-]. The third kappa shape index (κ3) is 3.53. The van der Waals surface area contributed by atoms with Crippen LogP contribution in [-0.2, 0) is 4.79 Å². The second kappa shape index (κ2) is 6.32. The maximum atomic E-state index is 11.1. The van der Waals surface area contributed by atoms with Crippen molar-refractivity contribution in [1.82, 2.24) is 9.97 Å². The maximum absolute atomic E-state index is 11.1. The number of carboxylic acid groups (broad SMARTS) is 1. The summed E-state index contributed by atoms with van der Waals surface area (Å²) in [5.41, 5.74) is -0.415. The highest BCUT2D eigenvalue weighted by Gasteiger charge is 2.30. The predicted octanol–water partition coefficient (Wildman–Crippen LogP) is 1.59. The maximum Gasteiger partial charge on any atom is 0.362 e. The van der Waals surface area contributed by atoms with E-state index in [4.69, 9.17) is 9.84 Å². The molecule has 9 heteroatoms. The zero-order valence-electron chi connectivity index (χ0n) is 10.6. The fraction of sp³-hybridized carbons (Fsp3) is 0.500. The van der Waals surface area contributed by atoms with E-state index in [1.807, 2.05) is 0 Å². The lowest BCUT2D eigenvalue weighted by Gasteiger charge is -2.15. The summed E-state index contributed by atoms with van der Waals surface area (Å²) in [6.07, 6.45) is 1.10. The molecule has 0 aliphatic carbocycles. The quantitative estimate of drug-likeness (QED) is 0.363. The Morgan fingerprint density at radius 3 is 2.58 bits per heavy atom. The molecule has 1 aromatic rings. The van der Waals surface area contributed by atoms with Crippen molar-refractivity contribution in [3.8, 4) is 5.88 Å². The highest BCUT2D eigenvalue weighted by atomic mass is 32.2. The van der Waals surface area contributed by atoms with Gasteiger partial charge >= 0.3 is 11.7 Å². The van der Waals surface area contributed by atoms with Gasteiger partial charge in [-0.25, -0.2) is 4.98 Å². The molecular formula is C10H13N3O5S. The van der Waals surface area contributed by atoms with Crippen molar-refractivity contribution in [1.29, 1.82) is 0 Å². The van der Waals surface area contributed by atoms with Crippen molar-refractivity contribution in [2.24, 2.45) is 5.92 Å². The molecule has 0 aromatic carbocycles. The van der Waals surface area contributed by atoms with Gasteiger partial charge in [0.2, 0.25) is 0 Å². The zero-order valence-corrected chi connectivity index (χ0v) is 11.4. The first-order valence-corrected chi connectivity index (χ1v) is 6.19. The van der Waals surface area contributed by atoms with E-state index in [9.17, 15) is 14.9 Å². The smallest absolute Gasteiger partial charge is 0.362 e. The number of aliphatic carboxylic acids is 1. The van der Waals surface area contributed by atoms with Gasteiger partial charge in [0.15, 0.2) is 5.03 Å². The van der Waals surface area contributed by atoms with Crippen molar-refractivity contribution < 1.29 is 19.6 Å². The highest BCUT2D eigenvalue weighted by molar-refractivity contribution is 8.00. The summed E-state index contributed by atoms with van der Waals surface area (Å²) in [5.74, 6) is -1.44. The number of nitro groups is 1. The van der Waals surface area contributed by atoms with Crippen molar-refractivity contribution in [2.45, 2.75) is 24.1 Å². The predicted molar refractivity (Wildman–Crippen MR) is 67.4 cm³/mol. The van der Waals surface area contributed by atoms with Crippen LogP contribution in [0.25, 0.3) is 0 Å². The van der Waals surface area contributed by atoms with Gasteiger partial charge in [-0.05, 0) is 5.92 Å². The Bertz CT molecular complexity index is 494. The number of hydrogen-bond acceptors (Lipinski definition) is 7. The van der Waals surface area contributed by atoms with Gasteiger partial charge in [0.25, 0.3) is 5.88 Å². The van der Waals surface area contributed by atoms with Crippen LogP contribution in [0.15, 0.2) is 11.4 Å². The van der Waals surface area contributed by atoms with Gasteiger partial charge in [-0.2, -0.15) is 4.98 Å². The Balaban J connectivity index is 3.20. The Morgan fingerprint density at radius 1 is 1.53 bits per heavy atom. The number of carboxylic acids is 1. The number of carbonyl (C=O) groups is 1. The number of methoxy groups -OCH3 is 1. The molecule has 0 aliphatic heterocycles. The first kappa shape index (κ1) is 15.2. The van der Waals surface area contributed by atoms with Gasteiger partial charge in [0, 0.05) is 0 Å². The van der Waals surface area contributed by atoms with Gasteiger partial charge in [0.1, 0.15) is 11.6 Å². The van der Waals surface area contributed by atoms with Gasteiger partial charge in [-0.3, -0.25) is 14.9 Å². The second-order valence-corrected chi connectivity index (χ2v) is 5.04. The Labute approximate surface area is 113 Å². The zero-order chi connectivity index (χ0) is 14.6. The number of thioether (sulfide) groups is 1. The number of ether oxygens (including phenoxy) is 1. The van der Waals surface area contributed by atoms with Gasteiger partial charge in [0.05, 0.1) is 12.0 Å². The molecule has 1 aromatic heterocycles. The van der Waals surface area contributed by atoms with Crippen molar-refractivity contribution in [2.75, 3.05) is 7.11 Å². The average Bonchev–Trinajstić information content (AvgIpc) is 2.34. The summed E-state index contributed by atoms with van der Waals surface area (Å²) in [6.45, 7) is 3.44. The fourth-order valence-corrected chi connectivity index (χ4v) is 2.33. The lowest BCUT2D eigenvalue weighted by Crippen LogP contribution is -2.22. The summed E-state index contributed by atoms with van der Waals surface area (Å²) in [6, 6.07) is 0. The molecule has 1 rings (SSSR count). The number of hydrogen-bond donors (Lipinski definition) is 1. The molecule has 1 atom stereocenters. The topological polar surface area (TPSA) is 115 Å². The van der Waals surface area contributed by atoms with Crippen LogP contribution >= 0.6 is 11.8 Å². The van der Waals surface area contributed by atoms with E-state index in [1.54, 1.807) is 13.8 Å². The number of rotatable bonds is 6. The van der Waals surface area contributed by atoms with E-state index in [0.29, 0.717) is 0 Å². The van der Waals surface area contributed by atoms with Crippen LogP contribution < -0.4 is 4.74 Å². The molecule has 19 heavy (non-hydrogen) atoms. The van der Waals surface area contributed by atoms with E-state index in [1.165, 1.54) is 7.11 Å². The lowest BCUT2D eigenvalue weighted by atomic mass is 10.1. The van der Waals surface area contributed by atoms with E-state index in [-0.39, 0.29) is 16.8 Å². The molecule has 1 heterocycles. The molecule has 1 N–H and O–H groups in total. The van der Waals surface area contributed by atoms with E-state index >= 15 is 0 Å². The Morgan fingerprint density at radius 2 is 2.16 bits per heavy atom. The molecule has 8 nitrogen and oxygen atoms in total. The number of nitrogens with zero attached hydrogens (tertiary/aromatic N) is 3. The third-order valence-electron chi connectivity index (χ3n) is 2.22. The minimum absolute atomic E-state index is 0.0158. The minimum Gasteiger partial charge on any atom is -0.480 e. The first-order valence-electron chi connectivity index (χ1n) is 5.31. The van der Waals surface area contributed by atoms with Crippen LogP contribution in [0.2, 0.25) is 0 Å². The molecule has 0 saturated heterocycles. The first-order chi connectivity index (χ1) is 8.88. The van der Waals surface area contributed by atoms with E-state index in [0.717, 1.165) is 18.1 Å². The van der Waals surface area contributed by atoms with Crippen molar-refractivity contribution >= 4 is 23.4 Å². The summed E-state index contributed by atoms with van der Waals surface area (Å²) >= 11 is 0.817. The van der Waals surface area contributed by atoms with Crippen LogP contribution in [0.3, 0.4) is 0 Å². The van der Waals surface area contributed by atoms with Crippen LogP contribution in [0.1, 0.15) is 13.8 Å². The summed E-state index contributed by atoms with van der Waals surface area (Å²) in [7, 11) is 1.25. The lowest BCUT2D eigenvalue weighted by molar-refractivity contribution is -0.389.